The molecule has 2 atom stereocenters. The molecule has 2 unspecified atom stereocenters. The lowest BCUT2D eigenvalue weighted by Crippen LogP contribution is -2.40. The van der Waals surface area contributed by atoms with Gasteiger partial charge in [0, 0.05) is 18.9 Å². The van der Waals surface area contributed by atoms with Gasteiger partial charge in [0.05, 0.1) is 12.1 Å². The van der Waals surface area contributed by atoms with Gasteiger partial charge in [-0.3, -0.25) is 9.78 Å². The smallest absolute Gasteiger partial charge is 0.251 e. The van der Waals surface area contributed by atoms with Crippen LogP contribution in [-0.4, -0.2) is 34.5 Å². The fraction of sp³-hybridized carbons (Fsp3) is 0.684. The van der Waals surface area contributed by atoms with Crippen molar-refractivity contribution in [3.8, 4) is 0 Å². The second-order valence-corrected chi connectivity index (χ2v) is 6.86. The minimum absolute atomic E-state index is 0.147. The average Bonchev–Trinajstić information content (AvgIpc) is 2.93. The average molecular weight is 316 g/mol. The maximum atomic E-state index is 12.9. The van der Waals surface area contributed by atoms with Gasteiger partial charge in [0.1, 0.15) is 6.10 Å². The van der Waals surface area contributed by atoms with E-state index in [9.17, 15) is 4.79 Å². The topological polar surface area (TPSA) is 42.4 Å². The highest BCUT2D eigenvalue weighted by Crippen LogP contribution is 2.32. The number of hydrogen-bond acceptors (Lipinski definition) is 3. The predicted molar refractivity (Wildman–Crippen MR) is 90.0 cm³/mol. The van der Waals surface area contributed by atoms with Crippen LogP contribution in [0.5, 0.6) is 0 Å². The van der Waals surface area contributed by atoms with Crippen molar-refractivity contribution >= 4 is 5.91 Å². The molecule has 23 heavy (non-hydrogen) atoms. The van der Waals surface area contributed by atoms with Crippen LogP contribution in [0, 0.1) is 0 Å². The van der Waals surface area contributed by atoms with E-state index < -0.39 is 0 Å². The van der Waals surface area contributed by atoms with Crippen LogP contribution in [0.2, 0.25) is 0 Å². The molecule has 1 saturated heterocycles. The summed E-state index contributed by atoms with van der Waals surface area (Å²) in [5.41, 5.74) is 1.19. The van der Waals surface area contributed by atoms with E-state index in [4.69, 9.17) is 4.74 Å². The third kappa shape index (κ3) is 4.11. The van der Waals surface area contributed by atoms with Gasteiger partial charge in [-0.1, -0.05) is 25.7 Å². The molecule has 3 rings (SSSR count). The molecule has 0 aromatic carbocycles. The fourth-order valence-electron chi connectivity index (χ4n) is 3.92. The molecule has 1 amide bonds. The normalized spacial score (nSPS) is 24.4. The molecule has 2 aliphatic rings. The Hall–Kier alpha value is -1.42. The molecule has 126 valence electrons. The zero-order chi connectivity index (χ0) is 16.1. The van der Waals surface area contributed by atoms with Crippen molar-refractivity contribution < 1.29 is 9.53 Å². The van der Waals surface area contributed by atoms with Crippen LogP contribution in [0.4, 0.5) is 0 Å². The second kappa shape index (κ2) is 7.91. The van der Waals surface area contributed by atoms with E-state index in [1.807, 2.05) is 36.4 Å². The Balaban J connectivity index is 1.61. The predicted octanol–water partition coefficient (Wildman–Crippen LogP) is 3.87. The van der Waals surface area contributed by atoms with E-state index in [2.05, 4.69) is 4.98 Å². The highest BCUT2D eigenvalue weighted by Gasteiger charge is 2.33. The highest BCUT2D eigenvalue weighted by molar-refractivity contribution is 5.81. The maximum Gasteiger partial charge on any atom is 0.251 e. The summed E-state index contributed by atoms with van der Waals surface area (Å²) in [7, 11) is 0. The molecule has 2 fully saturated rings. The number of nitrogens with zero attached hydrogens (tertiary/aromatic N) is 2. The molecule has 4 nitrogen and oxygen atoms in total. The summed E-state index contributed by atoms with van der Waals surface area (Å²) in [6.45, 7) is 2.76. The molecule has 1 aromatic heterocycles. The number of hydrogen-bond donors (Lipinski definition) is 0. The van der Waals surface area contributed by atoms with Crippen LogP contribution >= 0.6 is 0 Å². The molecular formula is C19H28N2O2. The molecule has 0 bridgehead atoms. The van der Waals surface area contributed by atoms with E-state index in [1.54, 1.807) is 0 Å². The van der Waals surface area contributed by atoms with Gasteiger partial charge in [0.2, 0.25) is 0 Å². The molecule has 1 saturated carbocycles. The first-order valence-electron chi connectivity index (χ1n) is 9.11. The molecular weight excluding hydrogens is 288 g/mol. The molecule has 0 radical (unpaired) electrons. The van der Waals surface area contributed by atoms with Gasteiger partial charge in [-0.15, -0.1) is 0 Å². The Kier molecular flexibility index (Phi) is 5.65. The Morgan fingerprint density at radius 2 is 1.83 bits per heavy atom. The SMILES string of the molecule is CC(OC1CCCCCC1)C(=O)N1CCCC1c1ccncc1. The lowest BCUT2D eigenvalue weighted by atomic mass is 10.1. The number of pyridine rings is 1. The Bertz CT molecular complexity index is 497. The quantitative estimate of drug-likeness (QED) is 0.792. The van der Waals surface area contributed by atoms with Gasteiger partial charge >= 0.3 is 0 Å². The van der Waals surface area contributed by atoms with Crippen molar-refractivity contribution in [3.05, 3.63) is 30.1 Å². The number of likely N-dealkylation sites (tertiary alicyclic amines) is 1. The minimum atomic E-state index is -0.333. The molecule has 1 aromatic rings. The molecule has 2 heterocycles. The van der Waals surface area contributed by atoms with Crippen LogP contribution in [0.1, 0.15) is 69.9 Å². The number of carbonyl (C=O) groups excluding carboxylic acids is 1. The summed E-state index contributed by atoms with van der Waals surface area (Å²) in [6, 6.07) is 4.23. The number of rotatable bonds is 4. The van der Waals surface area contributed by atoms with Crippen molar-refractivity contribution in [1.82, 2.24) is 9.88 Å². The zero-order valence-corrected chi connectivity index (χ0v) is 14.1. The standard InChI is InChI=1S/C19H28N2O2/c1-15(23-17-7-4-2-3-5-8-17)19(22)21-14-6-9-18(21)16-10-12-20-13-11-16/h10-13,15,17-18H,2-9,14H2,1H3. The van der Waals surface area contributed by atoms with Gasteiger partial charge in [-0.25, -0.2) is 0 Å². The monoisotopic (exact) mass is 316 g/mol. The maximum absolute atomic E-state index is 12.9. The minimum Gasteiger partial charge on any atom is -0.365 e. The van der Waals surface area contributed by atoms with Gasteiger partial charge in [0.25, 0.3) is 5.91 Å². The Labute approximate surface area is 139 Å². The summed E-state index contributed by atoms with van der Waals surface area (Å²) in [6.07, 6.45) is 12.9. The lowest BCUT2D eigenvalue weighted by Gasteiger charge is -2.29. The van der Waals surface area contributed by atoms with Gasteiger partial charge in [0.15, 0.2) is 0 Å². The third-order valence-corrected chi connectivity index (χ3v) is 5.17. The van der Waals surface area contributed by atoms with E-state index in [0.29, 0.717) is 0 Å². The van der Waals surface area contributed by atoms with Crippen LogP contribution < -0.4 is 0 Å². The van der Waals surface area contributed by atoms with Crippen molar-refractivity contribution in [1.29, 1.82) is 0 Å². The third-order valence-electron chi connectivity index (χ3n) is 5.17. The Morgan fingerprint density at radius 1 is 1.13 bits per heavy atom. The number of carbonyl (C=O) groups is 1. The first-order chi connectivity index (χ1) is 11.3. The molecule has 1 aliphatic carbocycles. The number of ether oxygens (including phenoxy) is 1. The van der Waals surface area contributed by atoms with Crippen LogP contribution in [0.25, 0.3) is 0 Å². The molecule has 1 aliphatic heterocycles. The Morgan fingerprint density at radius 3 is 2.52 bits per heavy atom. The second-order valence-electron chi connectivity index (χ2n) is 6.86. The van der Waals surface area contributed by atoms with Crippen LogP contribution in [0.15, 0.2) is 24.5 Å². The van der Waals surface area contributed by atoms with E-state index >= 15 is 0 Å². The summed E-state index contributed by atoms with van der Waals surface area (Å²) in [4.78, 5) is 19.0. The number of aromatic nitrogens is 1. The van der Waals surface area contributed by atoms with Crippen LogP contribution in [-0.2, 0) is 9.53 Å². The van der Waals surface area contributed by atoms with Crippen molar-refractivity contribution in [2.45, 2.75) is 76.5 Å². The van der Waals surface area contributed by atoms with Gasteiger partial charge in [-0.05, 0) is 50.3 Å². The van der Waals surface area contributed by atoms with Crippen molar-refractivity contribution in [3.63, 3.8) is 0 Å². The van der Waals surface area contributed by atoms with Crippen molar-refractivity contribution in [2.24, 2.45) is 0 Å². The summed E-state index contributed by atoms with van der Waals surface area (Å²) >= 11 is 0. The van der Waals surface area contributed by atoms with E-state index in [0.717, 1.165) is 32.2 Å². The number of amides is 1. The van der Waals surface area contributed by atoms with Crippen LogP contribution in [0.3, 0.4) is 0 Å². The largest absolute Gasteiger partial charge is 0.365 e. The van der Waals surface area contributed by atoms with Crippen molar-refractivity contribution in [2.75, 3.05) is 6.54 Å². The van der Waals surface area contributed by atoms with Gasteiger partial charge < -0.3 is 9.64 Å². The zero-order valence-electron chi connectivity index (χ0n) is 14.1. The summed E-state index contributed by atoms with van der Waals surface area (Å²) < 4.78 is 6.13. The first kappa shape index (κ1) is 16.4. The lowest BCUT2D eigenvalue weighted by molar-refractivity contribution is -0.147. The molecule has 0 spiro atoms. The van der Waals surface area contributed by atoms with Gasteiger partial charge in [-0.2, -0.15) is 0 Å². The summed E-state index contributed by atoms with van der Waals surface area (Å²) in [5, 5.41) is 0. The molecule has 0 N–H and O–H groups in total. The molecule has 4 heteroatoms. The van der Waals surface area contributed by atoms with E-state index in [-0.39, 0.29) is 24.2 Å². The summed E-state index contributed by atoms with van der Waals surface area (Å²) in [5.74, 6) is 0.147. The highest BCUT2D eigenvalue weighted by atomic mass is 16.5. The fourth-order valence-corrected chi connectivity index (χ4v) is 3.92. The first-order valence-corrected chi connectivity index (χ1v) is 9.11. The van der Waals surface area contributed by atoms with E-state index in [1.165, 1.54) is 31.2 Å².